The van der Waals surface area contributed by atoms with Crippen molar-refractivity contribution < 1.29 is 14.3 Å². The number of anilines is 1. The molecule has 3 rings (SSSR count). The summed E-state index contributed by atoms with van der Waals surface area (Å²) in [4.78, 5) is 16.4. The molecule has 1 atom stereocenters. The molecule has 2 aliphatic heterocycles. The first-order chi connectivity index (χ1) is 12.1. The molecule has 0 aliphatic carbocycles. The van der Waals surface area contributed by atoms with Gasteiger partial charge in [0.2, 0.25) is 0 Å². The third-order valence-corrected chi connectivity index (χ3v) is 4.29. The van der Waals surface area contributed by atoms with Crippen LogP contribution in [0, 0.1) is 5.92 Å². The van der Waals surface area contributed by atoms with Gasteiger partial charge in [0.1, 0.15) is 0 Å². The van der Waals surface area contributed by atoms with Gasteiger partial charge in [-0.2, -0.15) is 0 Å². The number of hydrogen-bond donors (Lipinski definition) is 0. The monoisotopic (exact) mass is 342 g/mol. The molecule has 1 saturated heterocycles. The molecule has 0 saturated carbocycles. The van der Waals surface area contributed by atoms with Gasteiger partial charge in [-0.15, -0.1) is 0 Å². The number of hydrogen-bond acceptors (Lipinski definition) is 4. The van der Waals surface area contributed by atoms with Crippen LogP contribution in [0.5, 0.6) is 0 Å². The van der Waals surface area contributed by atoms with E-state index in [9.17, 15) is 4.79 Å². The number of ether oxygens (including phenoxy) is 2. The lowest BCUT2D eigenvalue weighted by atomic mass is 10.0. The van der Waals surface area contributed by atoms with Crippen LogP contribution in [-0.4, -0.2) is 43.9 Å². The highest BCUT2D eigenvalue weighted by atomic mass is 16.6. The normalized spacial score (nSPS) is 20.2. The number of carbonyl (C=O) groups is 1. The second-order valence-corrected chi connectivity index (χ2v) is 6.74. The fourth-order valence-electron chi connectivity index (χ4n) is 2.98. The molecule has 2 aliphatic rings. The minimum Gasteiger partial charge on any atom is -0.449 e. The molecule has 0 N–H and O–H groups in total. The van der Waals surface area contributed by atoms with E-state index >= 15 is 0 Å². The molecule has 1 fully saturated rings. The van der Waals surface area contributed by atoms with Crippen LogP contribution in [0.2, 0.25) is 0 Å². The summed E-state index contributed by atoms with van der Waals surface area (Å²) in [5, 5.41) is 0. The molecule has 0 bridgehead atoms. The maximum Gasteiger partial charge on any atom is 0.414 e. The molecule has 1 aromatic rings. The van der Waals surface area contributed by atoms with Crippen LogP contribution < -0.4 is 4.90 Å². The van der Waals surface area contributed by atoms with Crippen LogP contribution in [0.4, 0.5) is 10.5 Å². The SMILES string of the molecule is CC(C)COC(=O)N1C=CC=C[C@@H]1c1cccc(N2CCOCC2)c1. The van der Waals surface area contributed by atoms with E-state index in [2.05, 4.69) is 23.1 Å². The van der Waals surface area contributed by atoms with Crippen molar-refractivity contribution in [3.8, 4) is 0 Å². The van der Waals surface area contributed by atoms with Crippen LogP contribution in [0.3, 0.4) is 0 Å². The smallest absolute Gasteiger partial charge is 0.414 e. The summed E-state index contributed by atoms with van der Waals surface area (Å²) in [6.45, 7) is 7.78. The van der Waals surface area contributed by atoms with Gasteiger partial charge in [-0.3, -0.25) is 4.90 Å². The van der Waals surface area contributed by atoms with Crippen LogP contribution in [0.1, 0.15) is 25.5 Å². The van der Waals surface area contributed by atoms with E-state index in [1.807, 2.05) is 38.1 Å². The second kappa shape index (κ2) is 8.21. The predicted octanol–water partition coefficient (Wildman–Crippen LogP) is 3.74. The molecular weight excluding hydrogens is 316 g/mol. The molecule has 1 aromatic carbocycles. The summed E-state index contributed by atoms with van der Waals surface area (Å²) in [6, 6.07) is 8.22. The zero-order valence-corrected chi connectivity index (χ0v) is 14.9. The molecule has 0 radical (unpaired) electrons. The second-order valence-electron chi connectivity index (χ2n) is 6.74. The lowest BCUT2D eigenvalue weighted by molar-refractivity contribution is 0.0988. The van der Waals surface area contributed by atoms with Gasteiger partial charge in [0.05, 0.1) is 25.9 Å². The third-order valence-electron chi connectivity index (χ3n) is 4.29. The van der Waals surface area contributed by atoms with Crippen molar-refractivity contribution in [3.63, 3.8) is 0 Å². The average Bonchev–Trinajstić information content (AvgIpc) is 2.67. The summed E-state index contributed by atoms with van der Waals surface area (Å²) >= 11 is 0. The number of amides is 1. The van der Waals surface area contributed by atoms with E-state index in [1.54, 1.807) is 11.1 Å². The van der Waals surface area contributed by atoms with Crippen molar-refractivity contribution in [1.82, 2.24) is 4.90 Å². The lowest BCUT2D eigenvalue weighted by Gasteiger charge is -2.31. The number of allylic oxidation sites excluding steroid dienone is 2. The maximum atomic E-state index is 12.5. The molecule has 5 nitrogen and oxygen atoms in total. The van der Waals surface area contributed by atoms with E-state index in [4.69, 9.17) is 9.47 Å². The molecule has 2 heterocycles. The van der Waals surface area contributed by atoms with Crippen LogP contribution in [-0.2, 0) is 9.47 Å². The highest BCUT2D eigenvalue weighted by Crippen LogP contribution is 2.29. The number of nitrogens with zero attached hydrogens (tertiary/aromatic N) is 2. The minimum atomic E-state index is -0.309. The Balaban J connectivity index is 1.77. The predicted molar refractivity (Wildman–Crippen MR) is 98.5 cm³/mol. The Morgan fingerprint density at radius 1 is 1.28 bits per heavy atom. The van der Waals surface area contributed by atoms with Crippen LogP contribution in [0.15, 0.2) is 48.7 Å². The summed E-state index contributed by atoms with van der Waals surface area (Å²) in [5.74, 6) is 0.316. The van der Waals surface area contributed by atoms with Gasteiger partial charge in [0.25, 0.3) is 0 Å². The van der Waals surface area contributed by atoms with Gasteiger partial charge < -0.3 is 14.4 Å². The van der Waals surface area contributed by atoms with E-state index in [0.717, 1.165) is 31.9 Å². The first-order valence-electron chi connectivity index (χ1n) is 8.88. The van der Waals surface area contributed by atoms with E-state index < -0.39 is 0 Å². The molecule has 0 unspecified atom stereocenters. The van der Waals surface area contributed by atoms with Crippen molar-refractivity contribution in [1.29, 1.82) is 0 Å². The van der Waals surface area contributed by atoms with Gasteiger partial charge in [-0.05, 0) is 29.7 Å². The molecular formula is C20H26N2O3. The first-order valence-corrected chi connectivity index (χ1v) is 8.88. The van der Waals surface area contributed by atoms with Gasteiger partial charge in [0, 0.05) is 25.0 Å². The standard InChI is InChI=1S/C20H26N2O3/c1-16(2)15-25-20(23)22-9-4-3-8-19(22)17-6-5-7-18(14-17)21-10-12-24-13-11-21/h3-9,14,16,19H,10-13,15H2,1-2H3/t19-/m1/s1. The Morgan fingerprint density at radius 3 is 2.84 bits per heavy atom. The topological polar surface area (TPSA) is 42.0 Å². The van der Waals surface area contributed by atoms with E-state index in [-0.39, 0.29) is 12.1 Å². The number of rotatable bonds is 4. The number of morpholine rings is 1. The summed E-state index contributed by atoms with van der Waals surface area (Å²) in [5.41, 5.74) is 2.24. The van der Waals surface area contributed by atoms with Gasteiger partial charge in [-0.25, -0.2) is 4.79 Å². The average molecular weight is 342 g/mol. The Bertz CT molecular complexity index is 648. The van der Waals surface area contributed by atoms with Crippen molar-refractivity contribution in [2.45, 2.75) is 19.9 Å². The van der Waals surface area contributed by atoms with E-state index in [1.165, 1.54) is 5.69 Å². The third kappa shape index (κ3) is 4.42. The molecule has 5 heteroatoms. The van der Waals surface area contributed by atoms with E-state index in [0.29, 0.717) is 12.5 Å². The van der Waals surface area contributed by atoms with Crippen molar-refractivity contribution in [2.24, 2.45) is 5.92 Å². The van der Waals surface area contributed by atoms with Gasteiger partial charge >= 0.3 is 6.09 Å². The molecule has 1 amide bonds. The molecule has 25 heavy (non-hydrogen) atoms. The summed E-state index contributed by atoms with van der Waals surface area (Å²) in [6.07, 6.45) is 7.33. The van der Waals surface area contributed by atoms with Crippen molar-refractivity contribution >= 4 is 11.8 Å². The Labute approximate surface area is 149 Å². The minimum absolute atomic E-state index is 0.148. The summed E-state index contributed by atoms with van der Waals surface area (Å²) in [7, 11) is 0. The highest BCUT2D eigenvalue weighted by molar-refractivity contribution is 5.71. The Hall–Kier alpha value is -2.27. The molecule has 0 aromatic heterocycles. The summed E-state index contributed by atoms with van der Waals surface area (Å²) < 4.78 is 10.8. The quantitative estimate of drug-likeness (QED) is 0.836. The van der Waals surface area contributed by atoms with Crippen molar-refractivity contribution in [3.05, 3.63) is 54.3 Å². The molecule has 0 spiro atoms. The molecule has 134 valence electrons. The zero-order valence-electron chi connectivity index (χ0n) is 14.9. The van der Waals surface area contributed by atoms with Crippen LogP contribution in [0.25, 0.3) is 0 Å². The highest BCUT2D eigenvalue weighted by Gasteiger charge is 2.25. The van der Waals surface area contributed by atoms with Crippen LogP contribution >= 0.6 is 0 Å². The Morgan fingerprint density at radius 2 is 2.08 bits per heavy atom. The largest absolute Gasteiger partial charge is 0.449 e. The lowest BCUT2D eigenvalue weighted by Crippen LogP contribution is -2.36. The maximum absolute atomic E-state index is 12.5. The number of carbonyl (C=O) groups excluding carboxylic acids is 1. The zero-order chi connectivity index (χ0) is 17.6. The number of benzene rings is 1. The van der Waals surface area contributed by atoms with Crippen molar-refractivity contribution in [2.75, 3.05) is 37.8 Å². The fraction of sp³-hybridized carbons (Fsp3) is 0.450. The Kier molecular flexibility index (Phi) is 5.76. The van der Waals surface area contributed by atoms with Gasteiger partial charge in [-0.1, -0.05) is 38.1 Å². The van der Waals surface area contributed by atoms with Gasteiger partial charge in [0.15, 0.2) is 0 Å². The first kappa shape index (κ1) is 17.5. The fourth-order valence-corrected chi connectivity index (χ4v) is 2.98.